The molecule has 0 radical (unpaired) electrons. The number of nitrogen functional groups attached to an aromatic ring is 1. The van der Waals surface area contributed by atoms with Gasteiger partial charge in [-0.2, -0.15) is 0 Å². The van der Waals surface area contributed by atoms with E-state index in [4.69, 9.17) is 5.73 Å². The summed E-state index contributed by atoms with van der Waals surface area (Å²) < 4.78 is 2.04. The van der Waals surface area contributed by atoms with Gasteiger partial charge in [0.05, 0.1) is 5.52 Å². The Kier molecular flexibility index (Phi) is 1.66. The zero-order valence-corrected chi connectivity index (χ0v) is 8.94. The minimum atomic E-state index is 0.205. The largest absolute Gasteiger partial charge is 0.508 e. The molecule has 0 spiro atoms. The lowest BCUT2D eigenvalue weighted by molar-refractivity contribution is 0.476. The number of aromatic nitrogens is 1. The molecule has 1 aromatic heterocycles. The van der Waals surface area contributed by atoms with Crippen LogP contribution in [0.2, 0.25) is 0 Å². The summed E-state index contributed by atoms with van der Waals surface area (Å²) in [6.07, 6.45) is 0. The topological polar surface area (TPSA) is 51.2 Å². The Bertz CT molecular complexity index is 698. The summed E-state index contributed by atoms with van der Waals surface area (Å²) in [5.74, 6) is 0.205. The third kappa shape index (κ3) is 1.03. The predicted octanol–water partition coefficient (Wildman–Crippen LogP) is 2.62. The monoisotopic (exact) mass is 212 g/mol. The molecule has 3 heteroatoms. The number of anilines is 1. The summed E-state index contributed by atoms with van der Waals surface area (Å²) in [6, 6.07) is 11.4. The highest BCUT2D eigenvalue weighted by Crippen LogP contribution is 2.34. The zero-order chi connectivity index (χ0) is 11.3. The summed E-state index contributed by atoms with van der Waals surface area (Å²) in [5.41, 5.74) is 8.66. The van der Waals surface area contributed by atoms with Crippen molar-refractivity contribution in [3.05, 3.63) is 36.4 Å². The summed E-state index contributed by atoms with van der Waals surface area (Å²) in [5, 5.41) is 11.7. The van der Waals surface area contributed by atoms with Gasteiger partial charge in [0.15, 0.2) is 0 Å². The first-order chi connectivity index (χ1) is 7.68. The molecule has 3 rings (SSSR count). The van der Waals surface area contributed by atoms with Crippen LogP contribution in [-0.4, -0.2) is 9.67 Å². The van der Waals surface area contributed by atoms with Gasteiger partial charge in [0, 0.05) is 41.2 Å². The van der Waals surface area contributed by atoms with Gasteiger partial charge in [0.1, 0.15) is 5.75 Å². The van der Waals surface area contributed by atoms with Crippen LogP contribution in [0.25, 0.3) is 21.8 Å². The fourth-order valence-corrected chi connectivity index (χ4v) is 2.30. The van der Waals surface area contributed by atoms with Gasteiger partial charge in [-0.25, -0.2) is 0 Å². The molecule has 0 atom stereocenters. The minimum Gasteiger partial charge on any atom is -0.508 e. The van der Waals surface area contributed by atoms with Crippen LogP contribution in [0, 0.1) is 0 Å². The number of nitrogens with two attached hydrogens (primary N) is 1. The standard InChI is InChI=1S/C13H12N2O/c1-15-11-5-3-2-4-9(11)13-10(14)6-8(16)7-12(13)15/h2-7,16H,14H2,1H3. The van der Waals surface area contributed by atoms with Crippen LogP contribution in [0.3, 0.4) is 0 Å². The Morgan fingerprint density at radius 2 is 1.88 bits per heavy atom. The molecule has 3 N–H and O–H groups in total. The average Bonchev–Trinajstić information content (AvgIpc) is 2.54. The molecule has 3 aromatic rings. The maximum Gasteiger partial charge on any atom is 0.119 e. The summed E-state index contributed by atoms with van der Waals surface area (Å²) in [7, 11) is 1.98. The number of aryl methyl sites for hydroxylation is 1. The molecule has 0 bridgehead atoms. The molecule has 0 unspecified atom stereocenters. The molecular weight excluding hydrogens is 200 g/mol. The van der Waals surface area contributed by atoms with E-state index in [0.717, 1.165) is 21.8 Å². The lowest BCUT2D eigenvalue weighted by atomic mass is 10.1. The van der Waals surface area contributed by atoms with Crippen LogP contribution in [0.4, 0.5) is 5.69 Å². The number of phenolic OH excluding ortho intramolecular Hbond substituents is 1. The molecule has 2 aromatic carbocycles. The highest BCUT2D eigenvalue weighted by atomic mass is 16.3. The molecule has 3 nitrogen and oxygen atoms in total. The number of rotatable bonds is 0. The van der Waals surface area contributed by atoms with Crippen molar-refractivity contribution in [3.8, 4) is 5.75 Å². The first-order valence-corrected chi connectivity index (χ1v) is 5.14. The number of fused-ring (bicyclic) bond motifs is 3. The second-order valence-corrected chi connectivity index (χ2v) is 4.01. The zero-order valence-electron chi connectivity index (χ0n) is 8.94. The Labute approximate surface area is 92.7 Å². The first-order valence-electron chi connectivity index (χ1n) is 5.14. The van der Waals surface area contributed by atoms with Gasteiger partial charge in [-0.15, -0.1) is 0 Å². The van der Waals surface area contributed by atoms with Crippen LogP contribution in [0.1, 0.15) is 0 Å². The third-order valence-corrected chi connectivity index (χ3v) is 3.03. The van der Waals surface area contributed by atoms with E-state index in [-0.39, 0.29) is 5.75 Å². The molecule has 1 heterocycles. The van der Waals surface area contributed by atoms with E-state index in [0.29, 0.717) is 5.69 Å². The highest BCUT2D eigenvalue weighted by molar-refractivity contribution is 6.13. The van der Waals surface area contributed by atoms with Crippen LogP contribution in [0.15, 0.2) is 36.4 Å². The lowest BCUT2D eigenvalue weighted by Gasteiger charge is -2.00. The second-order valence-electron chi connectivity index (χ2n) is 4.01. The minimum absolute atomic E-state index is 0.205. The van der Waals surface area contributed by atoms with E-state index < -0.39 is 0 Å². The normalized spacial score (nSPS) is 11.3. The molecule has 0 saturated carbocycles. The Balaban J connectivity index is 2.67. The summed E-state index contributed by atoms with van der Waals surface area (Å²) in [4.78, 5) is 0. The number of benzene rings is 2. The molecule has 80 valence electrons. The van der Waals surface area contributed by atoms with E-state index in [2.05, 4.69) is 0 Å². The summed E-state index contributed by atoms with van der Waals surface area (Å²) in [6.45, 7) is 0. The predicted molar refractivity (Wildman–Crippen MR) is 66.5 cm³/mol. The van der Waals surface area contributed by atoms with E-state index in [1.807, 2.05) is 35.9 Å². The number of hydrogen-bond donors (Lipinski definition) is 2. The quantitative estimate of drug-likeness (QED) is 0.563. The van der Waals surface area contributed by atoms with E-state index >= 15 is 0 Å². The second kappa shape index (κ2) is 2.92. The molecular formula is C13H12N2O. The van der Waals surface area contributed by atoms with E-state index in [1.165, 1.54) is 0 Å². The average molecular weight is 212 g/mol. The van der Waals surface area contributed by atoms with Crippen molar-refractivity contribution in [2.45, 2.75) is 0 Å². The molecule has 0 aliphatic rings. The van der Waals surface area contributed by atoms with Gasteiger partial charge in [-0.3, -0.25) is 0 Å². The molecule has 0 amide bonds. The van der Waals surface area contributed by atoms with Gasteiger partial charge in [0.25, 0.3) is 0 Å². The van der Waals surface area contributed by atoms with Crippen molar-refractivity contribution < 1.29 is 5.11 Å². The Hall–Kier alpha value is -2.16. The molecule has 0 saturated heterocycles. The molecule has 0 aliphatic carbocycles. The third-order valence-electron chi connectivity index (χ3n) is 3.03. The lowest BCUT2D eigenvalue weighted by Crippen LogP contribution is -1.88. The van der Waals surface area contributed by atoms with E-state index in [9.17, 15) is 5.11 Å². The van der Waals surface area contributed by atoms with Gasteiger partial charge in [-0.05, 0) is 6.07 Å². The van der Waals surface area contributed by atoms with Crippen molar-refractivity contribution in [3.63, 3.8) is 0 Å². The summed E-state index contributed by atoms with van der Waals surface area (Å²) >= 11 is 0. The number of hydrogen-bond acceptors (Lipinski definition) is 2. The van der Waals surface area contributed by atoms with Crippen molar-refractivity contribution >= 4 is 27.5 Å². The number of aromatic hydroxyl groups is 1. The smallest absolute Gasteiger partial charge is 0.119 e. The fraction of sp³-hybridized carbons (Fsp3) is 0.0769. The van der Waals surface area contributed by atoms with Crippen LogP contribution >= 0.6 is 0 Å². The molecule has 0 aliphatic heterocycles. The van der Waals surface area contributed by atoms with Crippen molar-refractivity contribution in [2.24, 2.45) is 7.05 Å². The maximum absolute atomic E-state index is 9.57. The van der Waals surface area contributed by atoms with Gasteiger partial charge in [-0.1, -0.05) is 18.2 Å². The van der Waals surface area contributed by atoms with Gasteiger partial charge < -0.3 is 15.4 Å². The molecule has 16 heavy (non-hydrogen) atoms. The van der Waals surface area contributed by atoms with E-state index in [1.54, 1.807) is 12.1 Å². The number of para-hydroxylation sites is 1. The van der Waals surface area contributed by atoms with Gasteiger partial charge in [0.2, 0.25) is 0 Å². The van der Waals surface area contributed by atoms with Crippen LogP contribution in [-0.2, 0) is 7.05 Å². The SMILES string of the molecule is Cn1c2ccccc2c2c(N)cc(O)cc21. The Morgan fingerprint density at radius 3 is 2.69 bits per heavy atom. The highest BCUT2D eigenvalue weighted by Gasteiger charge is 2.10. The Morgan fingerprint density at radius 1 is 1.12 bits per heavy atom. The number of phenols is 1. The van der Waals surface area contributed by atoms with Crippen molar-refractivity contribution in [1.82, 2.24) is 4.57 Å². The fourth-order valence-electron chi connectivity index (χ4n) is 2.30. The van der Waals surface area contributed by atoms with Crippen LogP contribution in [0.5, 0.6) is 5.75 Å². The van der Waals surface area contributed by atoms with Gasteiger partial charge >= 0.3 is 0 Å². The number of nitrogens with zero attached hydrogens (tertiary/aromatic N) is 1. The molecule has 0 fully saturated rings. The maximum atomic E-state index is 9.57. The van der Waals surface area contributed by atoms with Crippen molar-refractivity contribution in [2.75, 3.05) is 5.73 Å². The van der Waals surface area contributed by atoms with Crippen molar-refractivity contribution in [1.29, 1.82) is 0 Å². The van der Waals surface area contributed by atoms with Crippen LogP contribution < -0.4 is 5.73 Å². The first kappa shape index (κ1) is 9.09.